The minimum atomic E-state index is -0.738. The number of aliphatic carboxylic acids is 1. The Morgan fingerprint density at radius 2 is 1.44 bits per heavy atom. The van der Waals surface area contributed by atoms with Crippen LogP contribution in [0, 0.1) is 0 Å². The predicted molar refractivity (Wildman–Crippen MR) is 76.7 cm³/mol. The molecule has 0 amide bonds. The Labute approximate surface area is 112 Å². The van der Waals surface area contributed by atoms with Crippen LogP contribution in [0.4, 0.5) is 0 Å². The van der Waals surface area contributed by atoms with E-state index >= 15 is 0 Å². The average Bonchev–Trinajstić information content (AvgIpc) is 2.34. The van der Waals surface area contributed by atoms with Crippen LogP contribution in [0.2, 0.25) is 0 Å². The fourth-order valence-electron chi connectivity index (χ4n) is 2.17. The second kappa shape index (κ2) is 12.9. The third-order valence-corrected chi connectivity index (χ3v) is 3.41. The van der Waals surface area contributed by atoms with Gasteiger partial charge in [0, 0.05) is 12.5 Å². The zero-order valence-corrected chi connectivity index (χ0v) is 12.0. The minimum Gasteiger partial charge on any atom is -0.481 e. The topological polar surface area (TPSA) is 63.3 Å². The molecule has 0 aromatic carbocycles. The van der Waals surface area contributed by atoms with E-state index in [1.54, 1.807) is 0 Å². The summed E-state index contributed by atoms with van der Waals surface area (Å²) in [7, 11) is 0. The van der Waals surface area contributed by atoms with Gasteiger partial charge in [-0.1, -0.05) is 64.7 Å². The van der Waals surface area contributed by atoms with Gasteiger partial charge in [-0.15, -0.1) is 0 Å². The molecule has 0 aliphatic heterocycles. The van der Waals surface area contributed by atoms with Gasteiger partial charge in [-0.25, -0.2) is 0 Å². The minimum absolute atomic E-state index is 0.0747. The fourth-order valence-corrected chi connectivity index (χ4v) is 2.17. The van der Waals surface area contributed by atoms with Crippen molar-refractivity contribution in [1.82, 2.24) is 0 Å². The molecule has 3 nitrogen and oxygen atoms in total. The van der Waals surface area contributed by atoms with E-state index in [-0.39, 0.29) is 12.5 Å². The summed E-state index contributed by atoms with van der Waals surface area (Å²) in [5.74, 6) is -0.738. The maximum absolute atomic E-state index is 10.4. The van der Waals surface area contributed by atoms with Gasteiger partial charge in [0.15, 0.2) is 0 Å². The first kappa shape index (κ1) is 17.4. The molecule has 0 fully saturated rings. The summed E-state index contributed by atoms with van der Waals surface area (Å²) in [6, 6.07) is 0.0747. The van der Waals surface area contributed by atoms with Gasteiger partial charge < -0.3 is 10.8 Å². The molecule has 0 aromatic rings. The third kappa shape index (κ3) is 13.5. The Bertz CT molecular complexity index is 195. The highest BCUT2D eigenvalue weighted by atomic mass is 16.4. The Morgan fingerprint density at radius 3 is 1.94 bits per heavy atom. The maximum Gasteiger partial charge on any atom is 0.303 e. The van der Waals surface area contributed by atoms with Crippen LogP contribution in [0.25, 0.3) is 0 Å². The van der Waals surface area contributed by atoms with E-state index in [4.69, 9.17) is 10.8 Å². The number of rotatable bonds is 13. The zero-order valence-electron chi connectivity index (χ0n) is 12.0. The van der Waals surface area contributed by atoms with Crippen molar-refractivity contribution >= 4 is 5.97 Å². The quantitative estimate of drug-likeness (QED) is 0.488. The highest BCUT2D eigenvalue weighted by molar-refractivity contribution is 5.66. The second-order valence-corrected chi connectivity index (χ2v) is 5.31. The molecule has 0 saturated heterocycles. The van der Waals surface area contributed by atoms with Gasteiger partial charge in [0.05, 0.1) is 0 Å². The molecule has 1 atom stereocenters. The van der Waals surface area contributed by atoms with Gasteiger partial charge in [0.25, 0.3) is 0 Å². The highest BCUT2D eigenvalue weighted by Gasteiger charge is 2.05. The summed E-state index contributed by atoms with van der Waals surface area (Å²) in [5, 5.41) is 8.54. The molecule has 0 aliphatic rings. The third-order valence-electron chi connectivity index (χ3n) is 3.41. The first-order chi connectivity index (χ1) is 8.66. The van der Waals surface area contributed by atoms with E-state index in [1.165, 1.54) is 51.4 Å². The van der Waals surface area contributed by atoms with Gasteiger partial charge in [0.1, 0.15) is 0 Å². The van der Waals surface area contributed by atoms with E-state index < -0.39 is 5.97 Å². The highest BCUT2D eigenvalue weighted by Crippen LogP contribution is 2.12. The van der Waals surface area contributed by atoms with Crippen LogP contribution in [0.1, 0.15) is 84.0 Å². The predicted octanol–water partition coefficient (Wildman–Crippen LogP) is 4.10. The van der Waals surface area contributed by atoms with Crippen LogP contribution in [0.15, 0.2) is 0 Å². The van der Waals surface area contributed by atoms with Crippen LogP contribution < -0.4 is 5.73 Å². The molecule has 0 aliphatic carbocycles. The van der Waals surface area contributed by atoms with Gasteiger partial charge in [-0.2, -0.15) is 0 Å². The van der Waals surface area contributed by atoms with Crippen molar-refractivity contribution in [3.05, 3.63) is 0 Å². The van der Waals surface area contributed by atoms with Crippen molar-refractivity contribution in [3.8, 4) is 0 Å². The van der Waals surface area contributed by atoms with Crippen LogP contribution in [0.3, 0.4) is 0 Å². The molecule has 18 heavy (non-hydrogen) atoms. The van der Waals surface area contributed by atoms with Gasteiger partial charge in [0.2, 0.25) is 0 Å². The molecule has 0 bridgehead atoms. The Balaban J connectivity index is 3.12. The maximum atomic E-state index is 10.4. The monoisotopic (exact) mass is 257 g/mol. The number of hydrogen-bond acceptors (Lipinski definition) is 2. The number of carboxylic acid groups (broad SMARTS) is 1. The molecule has 0 aromatic heterocycles. The number of carboxylic acids is 1. The van der Waals surface area contributed by atoms with E-state index in [0.29, 0.717) is 6.42 Å². The van der Waals surface area contributed by atoms with E-state index in [2.05, 4.69) is 6.92 Å². The molecule has 0 spiro atoms. The van der Waals surface area contributed by atoms with E-state index in [9.17, 15) is 4.79 Å². The van der Waals surface area contributed by atoms with Gasteiger partial charge in [-0.05, 0) is 12.8 Å². The molecule has 0 rings (SSSR count). The van der Waals surface area contributed by atoms with E-state index in [1.807, 2.05) is 0 Å². The Kier molecular flexibility index (Phi) is 12.5. The van der Waals surface area contributed by atoms with Crippen molar-refractivity contribution in [3.63, 3.8) is 0 Å². The summed E-state index contributed by atoms with van der Waals surface area (Å²) in [4.78, 5) is 10.4. The smallest absolute Gasteiger partial charge is 0.303 e. The first-order valence-electron chi connectivity index (χ1n) is 7.64. The average molecular weight is 257 g/mol. The molecular weight excluding hydrogens is 226 g/mol. The van der Waals surface area contributed by atoms with Crippen molar-refractivity contribution in [2.24, 2.45) is 5.73 Å². The lowest BCUT2D eigenvalue weighted by Gasteiger charge is -2.09. The Hall–Kier alpha value is -0.570. The van der Waals surface area contributed by atoms with Crippen molar-refractivity contribution in [2.75, 3.05) is 0 Å². The van der Waals surface area contributed by atoms with Gasteiger partial charge in [-0.3, -0.25) is 4.79 Å². The number of nitrogens with two attached hydrogens (primary N) is 1. The first-order valence-corrected chi connectivity index (χ1v) is 7.64. The van der Waals surface area contributed by atoms with Crippen molar-refractivity contribution in [2.45, 2.75) is 90.0 Å². The van der Waals surface area contributed by atoms with Crippen molar-refractivity contribution < 1.29 is 9.90 Å². The van der Waals surface area contributed by atoms with Crippen LogP contribution in [-0.4, -0.2) is 17.1 Å². The van der Waals surface area contributed by atoms with Crippen LogP contribution in [0.5, 0.6) is 0 Å². The van der Waals surface area contributed by atoms with Crippen LogP contribution >= 0.6 is 0 Å². The molecule has 1 unspecified atom stereocenters. The lowest BCUT2D eigenvalue weighted by atomic mass is 10.0. The lowest BCUT2D eigenvalue weighted by Crippen LogP contribution is -2.20. The summed E-state index contributed by atoms with van der Waals surface area (Å²) in [6.07, 6.45) is 13.7. The second-order valence-electron chi connectivity index (χ2n) is 5.31. The van der Waals surface area contributed by atoms with Crippen LogP contribution in [-0.2, 0) is 4.79 Å². The fraction of sp³-hybridized carbons (Fsp3) is 0.933. The molecule has 0 saturated carbocycles. The largest absolute Gasteiger partial charge is 0.481 e. The molecule has 108 valence electrons. The summed E-state index contributed by atoms with van der Waals surface area (Å²) in [5.41, 5.74) is 5.85. The molecule has 3 heteroatoms. The summed E-state index contributed by atoms with van der Waals surface area (Å²) < 4.78 is 0. The number of unbranched alkanes of at least 4 members (excludes halogenated alkanes) is 8. The molecule has 3 N–H and O–H groups in total. The summed E-state index contributed by atoms with van der Waals surface area (Å²) in [6.45, 7) is 2.24. The zero-order chi connectivity index (χ0) is 13.6. The van der Waals surface area contributed by atoms with Crippen molar-refractivity contribution in [1.29, 1.82) is 0 Å². The standard InChI is InChI=1S/C15H31NO2/c1-2-3-4-5-6-7-8-9-10-11-14(16)12-13-15(17)18/h14H,2-13,16H2,1H3,(H,17,18). The number of carbonyl (C=O) groups is 1. The lowest BCUT2D eigenvalue weighted by molar-refractivity contribution is -0.137. The molecule has 0 heterocycles. The van der Waals surface area contributed by atoms with Gasteiger partial charge >= 0.3 is 5.97 Å². The normalized spacial score (nSPS) is 12.6. The Morgan fingerprint density at radius 1 is 0.944 bits per heavy atom. The number of hydrogen-bond donors (Lipinski definition) is 2. The SMILES string of the molecule is CCCCCCCCCCCC(N)CCC(=O)O. The molecule has 0 radical (unpaired) electrons. The van der Waals surface area contributed by atoms with E-state index in [0.717, 1.165) is 12.8 Å². The summed E-state index contributed by atoms with van der Waals surface area (Å²) >= 11 is 0. The molecular formula is C15H31NO2.